The van der Waals surface area contributed by atoms with Gasteiger partial charge in [0, 0.05) is 17.2 Å². The minimum absolute atomic E-state index is 0.0187. The zero-order valence-corrected chi connectivity index (χ0v) is 8.09. The largest absolute Gasteiger partial charge is 0.508 e. The van der Waals surface area contributed by atoms with Crippen molar-refractivity contribution in [1.82, 2.24) is 0 Å². The molecule has 0 saturated carbocycles. The molecular formula is C10H10FNO4. The molecule has 0 aliphatic rings. The molecule has 6 heteroatoms. The summed E-state index contributed by atoms with van der Waals surface area (Å²) in [6.45, 7) is 0. The van der Waals surface area contributed by atoms with Gasteiger partial charge in [-0.25, -0.2) is 4.39 Å². The fourth-order valence-electron chi connectivity index (χ4n) is 1.19. The third-order valence-electron chi connectivity index (χ3n) is 2.01. The standard InChI is InChI=1S/C10H10FNO4/c11-4-7(9(12)10(15)16)6-2-1-5(13)3-8(6)14/h1-4,9,13-14H,12H2,(H,15,16). The van der Waals surface area contributed by atoms with Gasteiger partial charge < -0.3 is 21.1 Å². The first-order valence-electron chi connectivity index (χ1n) is 4.28. The van der Waals surface area contributed by atoms with Gasteiger partial charge in [-0.2, -0.15) is 0 Å². The van der Waals surface area contributed by atoms with Gasteiger partial charge in [-0.1, -0.05) is 0 Å². The van der Waals surface area contributed by atoms with Gasteiger partial charge in [0.15, 0.2) is 0 Å². The second-order valence-corrected chi connectivity index (χ2v) is 3.08. The van der Waals surface area contributed by atoms with Crippen molar-refractivity contribution in [2.45, 2.75) is 6.04 Å². The Labute approximate surface area is 90.3 Å². The summed E-state index contributed by atoms with van der Waals surface area (Å²) in [5.41, 5.74) is 4.78. The maximum atomic E-state index is 12.6. The minimum atomic E-state index is -1.58. The molecule has 1 aromatic rings. The second kappa shape index (κ2) is 4.63. The van der Waals surface area contributed by atoms with E-state index in [2.05, 4.69) is 0 Å². The van der Waals surface area contributed by atoms with E-state index in [1.165, 1.54) is 12.1 Å². The smallest absolute Gasteiger partial charge is 0.325 e. The summed E-state index contributed by atoms with van der Waals surface area (Å²) in [4.78, 5) is 10.6. The highest BCUT2D eigenvalue weighted by Gasteiger charge is 2.21. The van der Waals surface area contributed by atoms with Crippen LogP contribution in [0.2, 0.25) is 0 Å². The first-order chi connectivity index (χ1) is 7.47. The van der Waals surface area contributed by atoms with Crippen LogP contribution < -0.4 is 5.73 Å². The van der Waals surface area contributed by atoms with Crippen molar-refractivity contribution in [3.63, 3.8) is 0 Å². The Hall–Kier alpha value is -2.08. The van der Waals surface area contributed by atoms with E-state index in [9.17, 15) is 14.3 Å². The van der Waals surface area contributed by atoms with Crippen LogP contribution in [-0.4, -0.2) is 27.3 Å². The van der Waals surface area contributed by atoms with Crippen molar-refractivity contribution >= 4 is 11.5 Å². The van der Waals surface area contributed by atoms with Crippen LogP contribution in [0.1, 0.15) is 5.56 Å². The lowest BCUT2D eigenvalue weighted by Crippen LogP contribution is -2.31. The number of hydrogen-bond donors (Lipinski definition) is 4. The highest BCUT2D eigenvalue weighted by atomic mass is 19.1. The van der Waals surface area contributed by atoms with Crippen LogP contribution in [0.5, 0.6) is 11.5 Å². The topological polar surface area (TPSA) is 104 Å². The molecule has 0 heterocycles. The van der Waals surface area contributed by atoms with Gasteiger partial charge in [0.2, 0.25) is 0 Å². The number of phenolic OH excluding ortho intramolecular Hbond substituents is 2. The molecule has 86 valence electrons. The number of hydrogen-bond acceptors (Lipinski definition) is 4. The summed E-state index contributed by atoms with van der Waals surface area (Å²) in [6.07, 6.45) is 0.0187. The first kappa shape index (κ1) is 12.0. The van der Waals surface area contributed by atoms with Crippen molar-refractivity contribution in [3.05, 3.63) is 30.1 Å². The monoisotopic (exact) mass is 227 g/mol. The summed E-state index contributed by atoms with van der Waals surface area (Å²) < 4.78 is 12.6. The fraction of sp³-hybridized carbons (Fsp3) is 0.100. The summed E-state index contributed by atoms with van der Waals surface area (Å²) in [6, 6.07) is 1.75. The Morgan fingerprint density at radius 1 is 1.44 bits per heavy atom. The molecule has 0 aliphatic heterocycles. The predicted octanol–water partition coefficient (Wildman–Crippen LogP) is 0.820. The molecule has 0 saturated heterocycles. The van der Waals surface area contributed by atoms with E-state index >= 15 is 0 Å². The average molecular weight is 227 g/mol. The lowest BCUT2D eigenvalue weighted by atomic mass is 9.99. The van der Waals surface area contributed by atoms with E-state index in [1.807, 2.05) is 0 Å². The number of carbonyl (C=O) groups is 1. The zero-order chi connectivity index (χ0) is 12.3. The zero-order valence-electron chi connectivity index (χ0n) is 8.09. The molecule has 0 aliphatic carbocycles. The van der Waals surface area contributed by atoms with E-state index in [-0.39, 0.29) is 23.2 Å². The van der Waals surface area contributed by atoms with E-state index in [0.717, 1.165) is 6.07 Å². The Bertz CT molecular complexity index is 444. The van der Waals surface area contributed by atoms with Crippen molar-refractivity contribution in [2.75, 3.05) is 0 Å². The van der Waals surface area contributed by atoms with Crippen molar-refractivity contribution in [2.24, 2.45) is 5.73 Å². The summed E-state index contributed by atoms with van der Waals surface area (Å²) >= 11 is 0. The summed E-state index contributed by atoms with van der Waals surface area (Å²) in [7, 11) is 0. The molecule has 1 atom stereocenters. The molecule has 0 amide bonds. The van der Waals surface area contributed by atoms with Crippen LogP contribution in [0.25, 0.3) is 5.57 Å². The van der Waals surface area contributed by atoms with Gasteiger partial charge in [-0.3, -0.25) is 4.79 Å². The lowest BCUT2D eigenvalue weighted by molar-refractivity contribution is -0.137. The van der Waals surface area contributed by atoms with Crippen molar-refractivity contribution in [3.8, 4) is 11.5 Å². The number of aromatic hydroxyl groups is 2. The number of benzene rings is 1. The number of halogens is 1. The van der Waals surface area contributed by atoms with E-state index in [0.29, 0.717) is 0 Å². The highest BCUT2D eigenvalue weighted by molar-refractivity contribution is 5.91. The molecule has 1 aromatic carbocycles. The van der Waals surface area contributed by atoms with Gasteiger partial charge in [-0.15, -0.1) is 0 Å². The number of carboxylic acid groups (broad SMARTS) is 1. The normalized spacial score (nSPS) is 13.5. The number of nitrogens with two attached hydrogens (primary N) is 1. The molecule has 16 heavy (non-hydrogen) atoms. The quantitative estimate of drug-likeness (QED) is 0.612. The maximum absolute atomic E-state index is 12.6. The van der Waals surface area contributed by atoms with Gasteiger partial charge >= 0.3 is 5.97 Å². The minimum Gasteiger partial charge on any atom is -0.508 e. The molecule has 1 unspecified atom stereocenters. The SMILES string of the molecule is NC(C(=O)O)C(=CF)c1ccc(O)cc1O. The molecular weight excluding hydrogens is 217 g/mol. The Morgan fingerprint density at radius 2 is 2.06 bits per heavy atom. The summed E-state index contributed by atoms with van der Waals surface area (Å²) in [5.74, 6) is -2.08. The first-order valence-corrected chi connectivity index (χ1v) is 4.28. The van der Waals surface area contributed by atoms with Crippen LogP contribution in [0.4, 0.5) is 4.39 Å². The van der Waals surface area contributed by atoms with Gasteiger partial charge in [0.05, 0.1) is 6.33 Å². The second-order valence-electron chi connectivity index (χ2n) is 3.08. The Kier molecular flexibility index (Phi) is 3.47. The number of rotatable bonds is 3. The predicted molar refractivity (Wildman–Crippen MR) is 54.5 cm³/mol. The molecule has 1 rings (SSSR count). The fourth-order valence-corrected chi connectivity index (χ4v) is 1.19. The number of carboxylic acids is 1. The number of phenols is 2. The Morgan fingerprint density at radius 3 is 2.50 bits per heavy atom. The third kappa shape index (κ3) is 2.29. The third-order valence-corrected chi connectivity index (χ3v) is 2.01. The number of aliphatic carboxylic acids is 1. The van der Waals surface area contributed by atoms with Crippen molar-refractivity contribution in [1.29, 1.82) is 0 Å². The van der Waals surface area contributed by atoms with E-state index in [1.54, 1.807) is 0 Å². The molecule has 5 nitrogen and oxygen atoms in total. The van der Waals surface area contributed by atoms with Crippen LogP contribution in [0.15, 0.2) is 24.5 Å². The van der Waals surface area contributed by atoms with Crippen LogP contribution in [-0.2, 0) is 4.79 Å². The van der Waals surface area contributed by atoms with E-state index < -0.39 is 17.8 Å². The lowest BCUT2D eigenvalue weighted by Gasteiger charge is -2.12. The molecule has 0 spiro atoms. The molecule has 5 N–H and O–H groups in total. The average Bonchev–Trinajstić information content (AvgIpc) is 2.21. The van der Waals surface area contributed by atoms with Gasteiger partial charge in [0.25, 0.3) is 0 Å². The molecule has 0 radical (unpaired) electrons. The van der Waals surface area contributed by atoms with Crippen LogP contribution >= 0.6 is 0 Å². The summed E-state index contributed by atoms with van der Waals surface area (Å²) in [5, 5.41) is 27.1. The van der Waals surface area contributed by atoms with Crippen molar-refractivity contribution < 1.29 is 24.5 Å². The molecule has 0 aromatic heterocycles. The van der Waals surface area contributed by atoms with Gasteiger partial charge in [-0.05, 0) is 12.1 Å². The van der Waals surface area contributed by atoms with Crippen LogP contribution in [0.3, 0.4) is 0 Å². The highest BCUT2D eigenvalue weighted by Crippen LogP contribution is 2.30. The molecule has 0 bridgehead atoms. The van der Waals surface area contributed by atoms with E-state index in [4.69, 9.17) is 15.9 Å². The van der Waals surface area contributed by atoms with Gasteiger partial charge in [0.1, 0.15) is 17.5 Å². The van der Waals surface area contributed by atoms with Crippen LogP contribution in [0, 0.1) is 0 Å². The molecule has 0 fully saturated rings. The Balaban J connectivity index is 3.20. The maximum Gasteiger partial charge on any atom is 0.325 e.